The van der Waals surface area contributed by atoms with Crippen molar-refractivity contribution in [1.82, 2.24) is 0 Å². The summed E-state index contributed by atoms with van der Waals surface area (Å²) < 4.78 is 22.5. The van der Waals surface area contributed by atoms with E-state index in [4.69, 9.17) is 18.9 Å². The molecule has 59 heavy (non-hydrogen) atoms. The summed E-state index contributed by atoms with van der Waals surface area (Å²) in [7, 11) is 5.90. The molecule has 0 spiro atoms. The highest BCUT2D eigenvalue weighted by molar-refractivity contribution is 5.70. The van der Waals surface area contributed by atoms with Crippen molar-refractivity contribution in [2.24, 2.45) is 0 Å². The number of carboxylic acids is 1. The number of carbonyl (C=O) groups excluding carboxylic acids is 3. The molecule has 0 aliphatic heterocycles. The molecule has 0 fully saturated rings. The molecule has 0 radical (unpaired) electrons. The minimum atomic E-state index is -1.63. The summed E-state index contributed by atoms with van der Waals surface area (Å²) in [5.41, 5.74) is 0. The number of rotatable bonds is 44. The summed E-state index contributed by atoms with van der Waals surface area (Å²) in [4.78, 5) is 37.0. The first kappa shape index (κ1) is 56.5. The standard InChI is InChI=1S/C50H91NO8/c1-6-8-10-12-14-16-18-20-21-22-23-24-25-26-27-29-30-32-34-36-38-40-47(52)57-44-46(45-58-50(49(54)55)56-43-42-51(3,4)5)59-48(53)41-39-37-35-33-31-28-19-17-15-13-11-9-7-2/h9,11,15,17,28,31,46,50H,6-8,10,12-14,16,18-27,29-30,32-45H2,1-5H3/b11-9-,17-15-,31-28-. The van der Waals surface area contributed by atoms with Crippen LogP contribution in [0.5, 0.6) is 0 Å². The SMILES string of the molecule is CC/C=C\C/C=C\C/C=C\CCCCCC(=O)OC(COC(=O)CCCCCCCCCCCCCCCCCCCCCCC)COC(OCC[N+](C)(C)C)C(=O)[O-]. The third kappa shape index (κ3) is 43.4. The van der Waals surface area contributed by atoms with E-state index in [-0.39, 0.29) is 38.6 Å². The second-order valence-corrected chi connectivity index (χ2v) is 17.4. The molecule has 0 N–H and O–H groups in total. The van der Waals surface area contributed by atoms with Crippen LogP contribution in [0.2, 0.25) is 0 Å². The second-order valence-electron chi connectivity index (χ2n) is 17.4. The molecule has 2 unspecified atom stereocenters. The molecule has 2 atom stereocenters. The van der Waals surface area contributed by atoms with E-state index in [2.05, 4.69) is 50.3 Å². The molecule has 0 rings (SSSR count). The molecular formula is C50H91NO8. The lowest BCUT2D eigenvalue weighted by molar-refractivity contribution is -0.870. The highest BCUT2D eigenvalue weighted by atomic mass is 16.7. The van der Waals surface area contributed by atoms with Gasteiger partial charge < -0.3 is 33.3 Å². The Morgan fingerprint density at radius 3 is 1.44 bits per heavy atom. The van der Waals surface area contributed by atoms with Gasteiger partial charge in [0, 0.05) is 12.8 Å². The number of esters is 2. The molecule has 0 aromatic rings. The Bertz CT molecular complexity index is 1070. The van der Waals surface area contributed by atoms with Crippen LogP contribution in [0.15, 0.2) is 36.5 Å². The van der Waals surface area contributed by atoms with E-state index < -0.39 is 24.3 Å². The molecular weight excluding hydrogens is 743 g/mol. The number of likely N-dealkylation sites (N-methyl/N-ethyl adjacent to an activating group) is 1. The molecule has 0 bridgehead atoms. The number of quaternary nitrogens is 1. The van der Waals surface area contributed by atoms with Crippen molar-refractivity contribution in [3.05, 3.63) is 36.5 Å². The normalized spacial score (nSPS) is 13.2. The Balaban J connectivity index is 4.32. The van der Waals surface area contributed by atoms with E-state index in [1.807, 2.05) is 21.1 Å². The molecule has 0 saturated heterocycles. The highest BCUT2D eigenvalue weighted by Crippen LogP contribution is 2.16. The summed E-state index contributed by atoms with van der Waals surface area (Å²) in [5, 5.41) is 11.7. The van der Waals surface area contributed by atoms with Crippen LogP contribution in [0.1, 0.15) is 206 Å². The Morgan fingerprint density at radius 1 is 0.525 bits per heavy atom. The van der Waals surface area contributed by atoms with Crippen LogP contribution in [0.25, 0.3) is 0 Å². The predicted octanol–water partition coefficient (Wildman–Crippen LogP) is 11.7. The third-order valence-corrected chi connectivity index (χ3v) is 10.4. The minimum Gasteiger partial charge on any atom is -0.545 e. The molecule has 344 valence electrons. The first-order chi connectivity index (χ1) is 28.6. The van der Waals surface area contributed by atoms with E-state index in [0.29, 0.717) is 17.4 Å². The van der Waals surface area contributed by atoms with Crippen LogP contribution < -0.4 is 5.11 Å². The van der Waals surface area contributed by atoms with Gasteiger partial charge >= 0.3 is 11.9 Å². The minimum absolute atomic E-state index is 0.142. The van der Waals surface area contributed by atoms with Gasteiger partial charge in [-0.15, -0.1) is 0 Å². The number of carbonyl (C=O) groups is 3. The summed E-state index contributed by atoms with van der Waals surface area (Å²) >= 11 is 0. The molecule has 9 heteroatoms. The summed E-state index contributed by atoms with van der Waals surface area (Å²) in [6, 6.07) is 0. The fourth-order valence-corrected chi connectivity index (χ4v) is 6.67. The average Bonchev–Trinajstić information content (AvgIpc) is 3.19. The Kier molecular flexibility index (Phi) is 40.4. The lowest BCUT2D eigenvalue weighted by Crippen LogP contribution is -2.44. The smallest absolute Gasteiger partial charge is 0.306 e. The topological polar surface area (TPSA) is 111 Å². The lowest BCUT2D eigenvalue weighted by atomic mass is 10.0. The van der Waals surface area contributed by atoms with Crippen LogP contribution in [0.4, 0.5) is 0 Å². The first-order valence-corrected chi connectivity index (χ1v) is 24.1. The number of nitrogens with zero attached hydrogens (tertiary/aromatic N) is 1. The zero-order valence-electron chi connectivity index (χ0n) is 38.9. The maximum atomic E-state index is 12.7. The lowest BCUT2D eigenvalue weighted by Gasteiger charge is -2.26. The van der Waals surface area contributed by atoms with Gasteiger partial charge in [0.1, 0.15) is 13.2 Å². The average molecular weight is 834 g/mol. The number of carboxylic acid groups (broad SMARTS) is 1. The quantitative estimate of drug-likeness (QED) is 0.0196. The predicted molar refractivity (Wildman–Crippen MR) is 242 cm³/mol. The van der Waals surface area contributed by atoms with E-state index in [1.165, 1.54) is 116 Å². The molecule has 0 aromatic heterocycles. The van der Waals surface area contributed by atoms with Gasteiger partial charge in [-0.25, -0.2) is 0 Å². The second kappa shape index (κ2) is 42.2. The summed E-state index contributed by atoms with van der Waals surface area (Å²) in [6.45, 7) is 4.61. The van der Waals surface area contributed by atoms with Crippen LogP contribution in [-0.4, -0.2) is 82.3 Å². The van der Waals surface area contributed by atoms with Gasteiger partial charge in [0.2, 0.25) is 0 Å². The monoisotopic (exact) mass is 834 g/mol. The number of hydrogen-bond donors (Lipinski definition) is 0. The van der Waals surface area contributed by atoms with E-state index in [1.54, 1.807) is 0 Å². The van der Waals surface area contributed by atoms with Crippen LogP contribution in [-0.2, 0) is 33.3 Å². The van der Waals surface area contributed by atoms with E-state index >= 15 is 0 Å². The Hall–Kier alpha value is -2.49. The van der Waals surface area contributed by atoms with E-state index in [9.17, 15) is 19.5 Å². The highest BCUT2D eigenvalue weighted by Gasteiger charge is 2.21. The zero-order valence-corrected chi connectivity index (χ0v) is 38.9. The van der Waals surface area contributed by atoms with Crippen molar-refractivity contribution in [1.29, 1.82) is 0 Å². The maximum absolute atomic E-state index is 12.7. The van der Waals surface area contributed by atoms with Gasteiger partial charge in [0.05, 0.1) is 40.3 Å². The Morgan fingerprint density at radius 2 is 0.966 bits per heavy atom. The number of hydrogen-bond acceptors (Lipinski definition) is 8. The van der Waals surface area contributed by atoms with Crippen molar-refractivity contribution in [2.45, 2.75) is 219 Å². The molecule has 0 aromatic carbocycles. The zero-order chi connectivity index (χ0) is 43.5. The summed E-state index contributed by atoms with van der Waals surface area (Å²) in [6.07, 6.45) is 44.7. The van der Waals surface area contributed by atoms with Gasteiger partial charge in [-0.3, -0.25) is 9.59 Å². The number of aliphatic carboxylic acids is 1. The fraction of sp³-hybridized carbons (Fsp3) is 0.820. The fourth-order valence-electron chi connectivity index (χ4n) is 6.67. The molecule has 0 amide bonds. The van der Waals surface area contributed by atoms with E-state index in [0.717, 1.165) is 57.8 Å². The van der Waals surface area contributed by atoms with Gasteiger partial charge in [0.15, 0.2) is 12.4 Å². The van der Waals surface area contributed by atoms with Gasteiger partial charge in [0.25, 0.3) is 0 Å². The molecule has 0 saturated carbocycles. The largest absolute Gasteiger partial charge is 0.545 e. The molecule has 9 nitrogen and oxygen atoms in total. The van der Waals surface area contributed by atoms with Crippen molar-refractivity contribution in [2.75, 3.05) is 47.5 Å². The van der Waals surface area contributed by atoms with Crippen LogP contribution in [0.3, 0.4) is 0 Å². The first-order valence-electron chi connectivity index (χ1n) is 24.1. The molecule has 0 aliphatic rings. The maximum Gasteiger partial charge on any atom is 0.306 e. The number of allylic oxidation sites excluding steroid dienone is 6. The van der Waals surface area contributed by atoms with Crippen molar-refractivity contribution in [3.63, 3.8) is 0 Å². The molecule has 0 aliphatic carbocycles. The Labute approximate surface area is 362 Å². The van der Waals surface area contributed by atoms with Gasteiger partial charge in [-0.1, -0.05) is 185 Å². The van der Waals surface area contributed by atoms with Crippen molar-refractivity contribution in [3.8, 4) is 0 Å². The van der Waals surface area contributed by atoms with Crippen molar-refractivity contribution < 1.29 is 42.9 Å². The number of ether oxygens (including phenoxy) is 4. The molecule has 0 heterocycles. The van der Waals surface area contributed by atoms with Crippen LogP contribution in [0, 0.1) is 0 Å². The third-order valence-electron chi connectivity index (χ3n) is 10.4. The van der Waals surface area contributed by atoms with Crippen molar-refractivity contribution >= 4 is 17.9 Å². The van der Waals surface area contributed by atoms with Gasteiger partial charge in [-0.05, 0) is 44.9 Å². The summed E-state index contributed by atoms with van der Waals surface area (Å²) in [5.74, 6) is -2.32. The number of unbranched alkanes of at least 4 members (excludes halogenated alkanes) is 23. The van der Waals surface area contributed by atoms with Gasteiger partial charge in [-0.2, -0.15) is 0 Å². The van der Waals surface area contributed by atoms with Crippen LogP contribution >= 0.6 is 0 Å².